The van der Waals surface area contributed by atoms with Gasteiger partial charge in [-0.2, -0.15) is 0 Å². The Balaban J connectivity index is 0.00000106. The number of nitrogens with zero attached hydrogens (tertiary/aromatic N) is 3. The summed E-state index contributed by atoms with van der Waals surface area (Å²) >= 11 is 0. The summed E-state index contributed by atoms with van der Waals surface area (Å²) in [6, 6.07) is 22.4. The van der Waals surface area contributed by atoms with Gasteiger partial charge in [0.05, 0.1) is 23.3 Å². The zero-order valence-electron chi connectivity index (χ0n) is 22.0. The van der Waals surface area contributed by atoms with Gasteiger partial charge >= 0.3 is 0 Å². The number of hydrogen-bond acceptors (Lipinski definition) is 6. The van der Waals surface area contributed by atoms with E-state index in [1.54, 1.807) is 0 Å². The molecule has 3 aromatic carbocycles. The Hall–Kier alpha value is -4.67. The van der Waals surface area contributed by atoms with E-state index < -0.39 is 0 Å². The largest absolute Gasteiger partial charge is 0.399 e. The van der Waals surface area contributed by atoms with Crippen molar-refractivity contribution < 1.29 is 4.79 Å². The molecule has 7 nitrogen and oxygen atoms in total. The van der Waals surface area contributed by atoms with Crippen molar-refractivity contribution in [3.63, 3.8) is 0 Å². The molecule has 0 unspecified atom stereocenters. The van der Waals surface area contributed by atoms with Crippen LogP contribution in [0.15, 0.2) is 78.3 Å². The van der Waals surface area contributed by atoms with E-state index in [1.807, 2.05) is 50.1 Å². The van der Waals surface area contributed by atoms with E-state index in [0.717, 1.165) is 45.2 Å². The average molecular weight is 497 g/mol. The first-order valence-electron chi connectivity index (χ1n) is 11.5. The first-order chi connectivity index (χ1) is 17.9. The van der Waals surface area contributed by atoms with E-state index in [-0.39, 0.29) is 0 Å². The summed E-state index contributed by atoms with van der Waals surface area (Å²) in [6.45, 7) is 12.7. The van der Waals surface area contributed by atoms with Crippen molar-refractivity contribution in [2.45, 2.75) is 27.3 Å². The topological polar surface area (TPSA) is 111 Å². The fourth-order valence-electron chi connectivity index (χ4n) is 3.51. The second kappa shape index (κ2) is 15.4. The molecule has 7 heteroatoms. The highest BCUT2D eigenvalue weighted by Crippen LogP contribution is 2.26. The SMILES string of the molecule is C#C.C=C(N)c1ccc2c(c1)nc(Nc1ccc(C)cc1)n2CC(C)=Nc1ccccc1C.C=O.CN. The molecule has 0 fully saturated rings. The maximum Gasteiger partial charge on any atom is 0.208 e. The summed E-state index contributed by atoms with van der Waals surface area (Å²) in [7, 11) is 1.50. The summed E-state index contributed by atoms with van der Waals surface area (Å²) in [5.41, 5.74) is 19.0. The molecule has 4 rings (SSSR count). The van der Waals surface area contributed by atoms with Crippen molar-refractivity contribution in [3.8, 4) is 12.8 Å². The Kier molecular flexibility index (Phi) is 12.6. The van der Waals surface area contributed by atoms with Crippen LogP contribution in [-0.2, 0) is 11.3 Å². The van der Waals surface area contributed by atoms with Gasteiger partial charge in [0.25, 0.3) is 0 Å². The van der Waals surface area contributed by atoms with Crippen molar-refractivity contribution >= 4 is 46.6 Å². The van der Waals surface area contributed by atoms with Crippen molar-refractivity contribution in [2.24, 2.45) is 16.5 Å². The molecule has 0 bridgehead atoms. The van der Waals surface area contributed by atoms with E-state index in [1.165, 1.54) is 12.6 Å². The summed E-state index contributed by atoms with van der Waals surface area (Å²) in [4.78, 5) is 17.7. The van der Waals surface area contributed by atoms with Crippen LogP contribution in [0.3, 0.4) is 0 Å². The lowest BCUT2D eigenvalue weighted by atomic mass is 10.1. The maximum absolute atomic E-state index is 8.00. The molecular formula is C30H36N6O. The molecule has 37 heavy (non-hydrogen) atoms. The van der Waals surface area contributed by atoms with Gasteiger partial charge in [-0.15, -0.1) is 12.8 Å². The summed E-state index contributed by atoms with van der Waals surface area (Å²) in [5, 5.41) is 3.46. The Morgan fingerprint density at radius 2 is 1.65 bits per heavy atom. The number of carbonyl (C=O) groups is 1. The van der Waals surface area contributed by atoms with Crippen LogP contribution in [0, 0.1) is 26.7 Å². The van der Waals surface area contributed by atoms with Gasteiger partial charge in [-0.05, 0) is 69.3 Å². The quantitative estimate of drug-likeness (QED) is 0.232. The number of terminal acetylenes is 1. The van der Waals surface area contributed by atoms with Gasteiger partial charge < -0.3 is 26.1 Å². The first-order valence-corrected chi connectivity index (χ1v) is 11.5. The van der Waals surface area contributed by atoms with Crippen LogP contribution >= 0.6 is 0 Å². The standard InChI is InChI=1S/C26H27N5.C2H2.CH5N.CH2O/c1-17-9-12-22(13-10-17)29-26-30-24-15-21(20(4)27)11-14-25(24)31(26)16-19(3)28-23-8-6-5-7-18(23)2;3*1-2/h5-15H,4,16,27H2,1-3H3,(H,29,30);1-2H;2H2,1H3;1H2. The molecule has 0 aliphatic carbocycles. The fourth-order valence-corrected chi connectivity index (χ4v) is 3.51. The number of rotatable bonds is 6. The normalized spacial score (nSPS) is 10.1. The highest BCUT2D eigenvalue weighted by molar-refractivity contribution is 5.89. The van der Waals surface area contributed by atoms with Crippen LogP contribution in [0.25, 0.3) is 16.7 Å². The number of imidazole rings is 1. The van der Waals surface area contributed by atoms with Crippen molar-refractivity contribution in [1.82, 2.24) is 9.55 Å². The van der Waals surface area contributed by atoms with Crippen LogP contribution in [0.1, 0.15) is 23.6 Å². The number of carbonyl (C=O) groups excluding carboxylic acids is 1. The molecule has 192 valence electrons. The number of aromatic nitrogens is 2. The molecule has 0 aliphatic heterocycles. The molecule has 0 atom stereocenters. The molecule has 0 saturated carbocycles. The lowest BCUT2D eigenvalue weighted by Gasteiger charge is -2.12. The third-order valence-corrected chi connectivity index (χ3v) is 5.24. The number of nitrogens with one attached hydrogen (secondary N) is 1. The van der Waals surface area contributed by atoms with Crippen LogP contribution < -0.4 is 16.8 Å². The number of hydrogen-bond donors (Lipinski definition) is 3. The third-order valence-electron chi connectivity index (χ3n) is 5.24. The molecule has 1 heterocycles. The predicted octanol–water partition coefficient (Wildman–Crippen LogP) is 5.76. The highest BCUT2D eigenvalue weighted by atomic mass is 16.1. The Labute approximate surface area is 219 Å². The molecule has 0 radical (unpaired) electrons. The third kappa shape index (κ3) is 8.20. The van der Waals surface area contributed by atoms with Gasteiger partial charge in [0.1, 0.15) is 6.79 Å². The van der Waals surface area contributed by atoms with E-state index in [0.29, 0.717) is 12.2 Å². The lowest BCUT2D eigenvalue weighted by Crippen LogP contribution is -2.10. The zero-order chi connectivity index (χ0) is 28.0. The van der Waals surface area contributed by atoms with Gasteiger partial charge in [-0.3, -0.25) is 4.99 Å². The number of benzene rings is 3. The van der Waals surface area contributed by atoms with Crippen LogP contribution in [-0.4, -0.2) is 29.1 Å². The molecule has 4 aromatic rings. The molecular weight excluding hydrogens is 460 g/mol. The van der Waals surface area contributed by atoms with Gasteiger partial charge in [-0.1, -0.05) is 48.5 Å². The van der Waals surface area contributed by atoms with Crippen molar-refractivity contribution in [3.05, 3.63) is 90.0 Å². The monoisotopic (exact) mass is 496 g/mol. The second-order valence-corrected chi connectivity index (χ2v) is 7.87. The number of aliphatic imine (C=N–C) groups is 1. The minimum Gasteiger partial charge on any atom is -0.399 e. The van der Waals surface area contributed by atoms with Crippen LogP contribution in [0.2, 0.25) is 0 Å². The minimum absolute atomic E-state index is 0.529. The maximum atomic E-state index is 8.00. The molecule has 0 spiro atoms. The van der Waals surface area contributed by atoms with Gasteiger partial charge in [0.2, 0.25) is 5.95 Å². The number of nitrogens with two attached hydrogens (primary N) is 2. The minimum atomic E-state index is 0.529. The Morgan fingerprint density at radius 3 is 2.24 bits per heavy atom. The molecule has 0 saturated heterocycles. The lowest BCUT2D eigenvalue weighted by molar-refractivity contribution is -0.0979. The molecule has 0 aliphatic rings. The molecule has 5 N–H and O–H groups in total. The first kappa shape index (κ1) is 30.4. The second-order valence-electron chi connectivity index (χ2n) is 7.87. The van der Waals surface area contributed by atoms with Gasteiger partial charge in [0, 0.05) is 17.1 Å². The molecule has 1 aromatic heterocycles. The number of aryl methyl sites for hydroxylation is 2. The molecule has 0 amide bonds. The van der Waals surface area contributed by atoms with Crippen molar-refractivity contribution in [1.29, 1.82) is 0 Å². The zero-order valence-corrected chi connectivity index (χ0v) is 22.0. The van der Waals surface area contributed by atoms with Crippen LogP contribution in [0.4, 0.5) is 17.3 Å². The highest BCUT2D eigenvalue weighted by Gasteiger charge is 2.13. The van der Waals surface area contributed by atoms with Crippen LogP contribution in [0.5, 0.6) is 0 Å². The smallest absolute Gasteiger partial charge is 0.208 e. The summed E-state index contributed by atoms with van der Waals surface area (Å²) in [5.74, 6) is 0.762. The Morgan fingerprint density at radius 1 is 1.03 bits per heavy atom. The van der Waals surface area contributed by atoms with Gasteiger partial charge in [0.15, 0.2) is 0 Å². The van der Waals surface area contributed by atoms with Gasteiger partial charge in [-0.25, -0.2) is 4.98 Å². The predicted molar refractivity (Wildman–Crippen MR) is 158 cm³/mol. The van der Waals surface area contributed by atoms with E-state index in [4.69, 9.17) is 20.5 Å². The van der Waals surface area contributed by atoms with E-state index >= 15 is 0 Å². The fraction of sp³-hybridized carbons (Fsp3) is 0.167. The Bertz CT molecular complexity index is 1350. The average Bonchev–Trinajstić information content (AvgIpc) is 3.26. The number of anilines is 2. The summed E-state index contributed by atoms with van der Waals surface area (Å²) in [6.07, 6.45) is 8.00. The summed E-state index contributed by atoms with van der Waals surface area (Å²) < 4.78 is 2.15. The van der Waals surface area contributed by atoms with E-state index in [9.17, 15) is 0 Å². The van der Waals surface area contributed by atoms with Crippen molar-refractivity contribution in [2.75, 3.05) is 12.4 Å². The van der Waals surface area contributed by atoms with E-state index in [2.05, 4.69) is 79.2 Å². The number of para-hydroxylation sites is 1. The number of fused-ring (bicyclic) bond motifs is 1.